The molecule has 0 spiro atoms. The van der Waals surface area contributed by atoms with Crippen LogP contribution in [0.2, 0.25) is 0 Å². The molecule has 1 aromatic heterocycles. The van der Waals surface area contributed by atoms with Crippen molar-refractivity contribution >= 4 is 11.6 Å². The van der Waals surface area contributed by atoms with Crippen LogP contribution in [-0.4, -0.2) is 32.6 Å². The van der Waals surface area contributed by atoms with Gasteiger partial charge in [-0.05, 0) is 24.6 Å². The molecule has 1 heterocycles. The summed E-state index contributed by atoms with van der Waals surface area (Å²) in [7, 11) is 0. The van der Waals surface area contributed by atoms with Gasteiger partial charge < -0.3 is 10.4 Å². The van der Waals surface area contributed by atoms with Crippen LogP contribution in [0, 0.1) is 12.7 Å². The summed E-state index contributed by atoms with van der Waals surface area (Å²) in [6.45, 7) is 1.74. The van der Waals surface area contributed by atoms with Crippen LogP contribution in [0.5, 0.6) is 0 Å². The standard InChI is InChI=1S/C13H15FN4O2/c1-9-2-3-10(14)6-12(9)15-13(20)8-18-7-11(4-5-19)16-17-18/h2-3,6-7,19H,4-5,8H2,1H3,(H,15,20). The lowest BCUT2D eigenvalue weighted by atomic mass is 10.2. The molecule has 2 N–H and O–H groups in total. The van der Waals surface area contributed by atoms with Crippen molar-refractivity contribution in [2.24, 2.45) is 0 Å². The first-order valence-corrected chi connectivity index (χ1v) is 6.14. The summed E-state index contributed by atoms with van der Waals surface area (Å²) in [6.07, 6.45) is 1.98. The summed E-state index contributed by atoms with van der Waals surface area (Å²) >= 11 is 0. The molecule has 20 heavy (non-hydrogen) atoms. The lowest BCUT2D eigenvalue weighted by Crippen LogP contribution is -2.19. The second-order valence-corrected chi connectivity index (χ2v) is 4.39. The number of aliphatic hydroxyl groups excluding tert-OH is 1. The maximum atomic E-state index is 13.1. The second-order valence-electron chi connectivity index (χ2n) is 4.39. The van der Waals surface area contributed by atoms with Crippen LogP contribution in [0.4, 0.5) is 10.1 Å². The van der Waals surface area contributed by atoms with Gasteiger partial charge in [0, 0.05) is 24.9 Å². The van der Waals surface area contributed by atoms with Crippen molar-refractivity contribution < 1.29 is 14.3 Å². The molecule has 0 saturated heterocycles. The molecule has 1 amide bonds. The van der Waals surface area contributed by atoms with E-state index in [-0.39, 0.29) is 19.1 Å². The third kappa shape index (κ3) is 3.61. The third-order valence-corrected chi connectivity index (χ3v) is 2.73. The molecule has 0 fully saturated rings. The number of amides is 1. The first kappa shape index (κ1) is 14.1. The first-order chi connectivity index (χ1) is 9.58. The van der Waals surface area contributed by atoms with Gasteiger partial charge in [-0.2, -0.15) is 0 Å². The van der Waals surface area contributed by atoms with E-state index >= 15 is 0 Å². The van der Waals surface area contributed by atoms with Crippen LogP contribution in [-0.2, 0) is 17.8 Å². The number of carbonyl (C=O) groups is 1. The van der Waals surface area contributed by atoms with E-state index in [1.54, 1.807) is 19.2 Å². The van der Waals surface area contributed by atoms with E-state index in [1.807, 2.05) is 0 Å². The highest BCUT2D eigenvalue weighted by Gasteiger charge is 2.08. The fourth-order valence-electron chi connectivity index (χ4n) is 1.71. The molecular formula is C13H15FN4O2. The minimum absolute atomic E-state index is 0.0195. The van der Waals surface area contributed by atoms with Crippen LogP contribution < -0.4 is 5.32 Å². The maximum Gasteiger partial charge on any atom is 0.246 e. The average molecular weight is 278 g/mol. The largest absolute Gasteiger partial charge is 0.396 e. The molecule has 0 radical (unpaired) electrons. The van der Waals surface area contributed by atoms with Gasteiger partial charge in [-0.25, -0.2) is 9.07 Å². The van der Waals surface area contributed by atoms with Crippen molar-refractivity contribution in [2.45, 2.75) is 19.9 Å². The summed E-state index contributed by atoms with van der Waals surface area (Å²) in [5.74, 6) is -0.726. The minimum Gasteiger partial charge on any atom is -0.396 e. The number of anilines is 1. The van der Waals surface area contributed by atoms with Crippen LogP contribution in [0.15, 0.2) is 24.4 Å². The van der Waals surface area contributed by atoms with E-state index in [0.29, 0.717) is 17.8 Å². The molecule has 0 bridgehead atoms. The number of nitrogens with one attached hydrogen (secondary N) is 1. The first-order valence-electron chi connectivity index (χ1n) is 6.14. The number of benzene rings is 1. The summed E-state index contributed by atoms with van der Waals surface area (Å²) in [4.78, 5) is 11.8. The van der Waals surface area contributed by atoms with Crippen molar-refractivity contribution in [3.63, 3.8) is 0 Å². The molecule has 7 heteroatoms. The van der Waals surface area contributed by atoms with Crippen LogP contribution in [0.25, 0.3) is 0 Å². The number of hydrogen-bond donors (Lipinski definition) is 2. The number of aliphatic hydroxyl groups is 1. The van der Waals surface area contributed by atoms with Gasteiger partial charge in [-0.15, -0.1) is 5.10 Å². The van der Waals surface area contributed by atoms with Gasteiger partial charge in [0.1, 0.15) is 12.4 Å². The zero-order valence-electron chi connectivity index (χ0n) is 11.0. The molecule has 2 rings (SSSR count). The molecule has 106 valence electrons. The number of carbonyl (C=O) groups excluding carboxylic acids is 1. The van der Waals surface area contributed by atoms with Crippen molar-refractivity contribution in [1.82, 2.24) is 15.0 Å². The van der Waals surface area contributed by atoms with Gasteiger partial charge in [0.05, 0.1) is 5.69 Å². The minimum atomic E-state index is -0.406. The Hall–Kier alpha value is -2.28. The van der Waals surface area contributed by atoms with Crippen LogP contribution >= 0.6 is 0 Å². The zero-order valence-corrected chi connectivity index (χ0v) is 11.0. The third-order valence-electron chi connectivity index (χ3n) is 2.73. The smallest absolute Gasteiger partial charge is 0.246 e. The Labute approximate surface area is 115 Å². The zero-order chi connectivity index (χ0) is 14.5. The van der Waals surface area contributed by atoms with Crippen molar-refractivity contribution in [2.75, 3.05) is 11.9 Å². The monoisotopic (exact) mass is 278 g/mol. The van der Waals surface area contributed by atoms with E-state index in [9.17, 15) is 9.18 Å². The highest BCUT2D eigenvalue weighted by molar-refractivity contribution is 5.91. The Morgan fingerprint density at radius 3 is 3.05 bits per heavy atom. The van der Waals surface area contributed by atoms with Gasteiger partial charge in [0.2, 0.25) is 5.91 Å². The number of hydrogen-bond acceptors (Lipinski definition) is 4. The van der Waals surface area contributed by atoms with Crippen molar-refractivity contribution in [3.05, 3.63) is 41.5 Å². The van der Waals surface area contributed by atoms with Crippen LogP contribution in [0.3, 0.4) is 0 Å². The van der Waals surface area contributed by atoms with E-state index in [4.69, 9.17) is 5.11 Å². The number of aromatic nitrogens is 3. The molecule has 0 saturated carbocycles. The molecule has 0 atom stereocenters. The molecule has 2 aromatic rings. The average Bonchev–Trinajstić information content (AvgIpc) is 2.81. The quantitative estimate of drug-likeness (QED) is 0.851. The maximum absolute atomic E-state index is 13.1. The number of aryl methyl sites for hydroxylation is 1. The molecular weight excluding hydrogens is 263 g/mol. The fraction of sp³-hybridized carbons (Fsp3) is 0.308. The predicted octanol–water partition coefficient (Wildman–Crippen LogP) is 0.899. The van der Waals surface area contributed by atoms with Crippen molar-refractivity contribution in [3.8, 4) is 0 Å². The summed E-state index contributed by atoms with van der Waals surface area (Å²) in [6, 6.07) is 4.20. The van der Waals surface area contributed by atoms with Gasteiger partial charge in [0.25, 0.3) is 0 Å². The molecule has 6 nitrogen and oxygen atoms in total. The Bertz CT molecular complexity index is 612. The van der Waals surface area contributed by atoms with Gasteiger partial charge in [-0.1, -0.05) is 11.3 Å². The van der Waals surface area contributed by atoms with Gasteiger partial charge in [0.15, 0.2) is 0 Å². The van der Waals surface area contributed by atoms with Gasteiger partial charge >= 0.3 is 0 Å². The lowest BCUT2D eigenvalue weighted by Gasteiger charge is -2.08. The Kier molecular flexibility index (Phi) is 4.41. The lowest BCUT2D eigenvalue weighted by molar-refractivity contribution is -0.116. The number of halogens is 1. The van der Waals surface area contributed by atoms with E-state index < -0.39 is 5.82 Å². The fourth-order valence-corrected chi connectivity index (χ4v) is 1.71. The van der Waals surface area contributed by atoms with Crippen LogP contribution in [0.1, 0.15) is 11.3 Å². The molecule has 0 unspecified atom stereocenters. The van der Waals surface area contributed by atoms with E-state index in [2.05, 4.69) is 15.6 Å². The molecule has 0 aliphatic carbocycles. The highest BCUT2D eigenvalue weighted by atomic mass is 19.1. The highest BCUT2D eigenvalue weighted by Crippen LogP contribution is 2.15. The molecule has 0 aliphatic heterocycles. The summed E-state index contributed by atoms with van der Waals surface area (Å²) in [5.41, 5.74) is 1.83. The van der Waals surface area contributed by atoms with Gasteiger partial charge in [-0.3, -0.25) is 4.79 Å². The number of rotatable bonds is 5. The predicted molar refractivity (Wildman–Crippen MR) is 70.6 cm³/mol. The Morgan fingerprint density at radius 1 is 1.50 bits per heavy atom. The second kappa shape index (κ2) is 6.25. The molecule has 1 aromatic carbocycles. The normalized spacial score (nSPS) is 10.6. The van der Waals surface area contributed by atoms with Crippen molar-refractivity contribution in [1.29, 1.82) is 0 Å². The Balaban J connectivity index is 1.99. The topological polar surface area (TPSA) is 80.0 Å². The molecule has 0 aliphatic rings. The number of nitrogens with zero attached hydrogens (tertiary/aromatic N) is 3. The Morgan fingerprint density at radius 2 is 2.30 bits per heavy atom. The summed E-state index contributed by atoms with van der Waals surface area (Å²) < 4.78 is 14.5. The summed E-state index contributed by atoms with van der Waals surface area (Å²) in [5, 5.41) is 19.0. The SMILES string of the molecule is Cc1ccc(F)cc1NC(=O)Cn1cc(CCO)nn1. The van der Waals surface area contributed by atoms with E-state index in [0.717, 1.165) is 5.56 Å². The van der Waals surface area contributed by atoms with E-state index in [1.165, 1.54) is 16.8 Å².